The van der Waals surface area contributed by atoms with E-state index in [4.69, 9.17) is 5.11 Å². The molecule has 0 bridgehead atoms. The van der Waals surface area contributed by atoms with Crippen LogP contribution in [0.25, 0.3) is 0 Å². The fourth-order valence-electron chi connectivity index (χ4n) is 0.749. The number of ether oxygens (including phenoxy) is 1. The third kappa shape index (κ3) is 0.964. The van der Waals surface area contributed by atoms with Crippen LogP contribution in [-0.4, -0.2) is 16.9 Å². The molecule has 1 N–H and O–H groups in total. The first-order valence-electron chi connectivity index (χ1n) is 2.84. The highest BCUT2D eigenvalue weighted by Gasteiger charge is 2.43. The maximum absolute atomic E-state index is 12.9. The van der Waals surface area contributed by atoms with Gasteiger partial charge in [-0.25, -0.2) is 0 Å². The first kappa shape index (κ1) is 7.05. The molecule has 1 rings (SSSR count). The largest absolute Gasteiger partial charge is 0.506 e. The smallest absolute Gasteiger partial charge is 0.309 e. The summed E-state index contributed by atoms with van der Waals surface area (Å²) in [7, 11) is 0. The summed E-state index contributed by atoms with van der Waals surface area (Å²) in [6.45, 7) is 2.95. The Kier molecular flexibility index (Phi) is 1.39. The second-order valence-corrected chi connectivity index (χ2v) is 2.15. The van der Waals surface area contributed by atoms with Gasteiger partial charge in [-0.05, 0) is 0 Å². The zero-order chi connectivity index (χ0) is 7.78. The maximum atomic E-state index is 12.9. The Bertz CT molecular complexity index is 189. The number of carbonyl (C=O) groups excluding carboxylic acids is 1. The van der Waals surface area contributed by atoms with Crippen molar-refractivity contribution in [1.82, 2.24) is 0 Å². The normalized spacial score (nSPS) is 31.9. The van der Waals surface area contributed by atoms with E-state index in [-0.39, 0.29) is 12.8 Å². The lowest BCUT2D eigenvalue weighted by Gasteiger charge is -2.14. The zero-order valence-electron chi connectivity index (χ0n) is 5.26. The van der Waals surface area contributed by atoms with Gasteiger partial charge in [-0.3, -0.25) is 4.79 Å². The van der Waals surface area contributed by atoms with Crippen LogP contribution in [0.15, 0.2) is 12.3 Å². The van der Waals surface area contributed by atoms with E-state index >= 15 is 0 Å². The van der Waals surface area contributed by atoms with Crippen molar-refractivity contribution in [3.63, 3.8) is 0 Å². The SMILES string of the molecule is C=C(O)C1(F)CCC(=O)O1. The molecular formula is C6H7FO3. The predicted molar refractivity (Wildman–Crippen MR) is 30.9 cm³/mol. The molecule has 0 aliphatic carbocycles. The molecule has 3 nitrogen and oxygen atoms in total. The van der Waals surface area contributed by atoms with Crippen molar-refractivity contribution >= 4 is 5.97 Å². The van der Waals surface area contributed by atoms with Gasteiger partial charge in [-0.15, -0.1) is 0 Å². The molecule has 0 saturated carbocycles. The van der Waals surface area contributed by atoms with Gasteiger partial charge in [-0.1, -0.05) is 6.58 Å². The van der Waals surface area contributed by atoms with Crippen molar-refractivity contribution in [2.45, 2.75) is 18.7 Å². The lowest BCUT2D eigenvalue weighted by atomic mass is 10.2. The van der Waals surface area contributed by atoms with Crippen LogP contribution in [0.3, 0.4) is 0 Å². The molecular weight excluding hydrogens is 139 g/mol. The first-order chi connectivity index (χ1) is 4.54. The van der Waals surface area contributed by atoms with Crippen LogP contribution in [-0.2, 0) is 9.53 Å². The van der Waals surface area contributed by atoms with Crippen LogP contribution >= 0.6 is 0 Å². The van der Waals surface area contributed by atoms with Crippen molar-refractivity contribution < 1.29 is 19.0 Å². The maximum Gasteiger partial charge on any atom is 0.309 e. The highest BCUT2D eigenvalue weighted by Crippen LogP contribution is 2.32. The van der Waals surface area contributed by atoms with E-state index in [0.29, 0.717) is 0 Å². The highest BCUT2D eigenvalue weighted by atomic mass is 19.2. The fraction of sp³-hybridized carbons (Fsp3) is 0.500. The summed E-state index contributed by atoms with van der Waals surface area (Å²) < 4.78 is 17.0. The van der Waals surface area contributed by atoms with Crippen molar-refractivity contribution in [2.24, 2.45) is 0 Å². The molecule has 1 saturated heterocycles. The Morgan fingerprint density at radius 1 is 1.90 bits per heavy atom. The molecule has 56 valence electrons. The van der Waals surface area contributed by atoms with E-state index in [0.717, 1.165) is 0 Å². The molecule has 1 unspecified atom stereocenters. The van der Waals surface area contributed by atoms with Crippen molar-refractivity contribution in [3.05, 3.63) is 12.3 Å². The first-order valence-corrected chi connectivity index (χ1v) is 2.84. The number of alkyl halides is 1. The van der Waals surface area contributed by atoms with Crippen LogP contribution in [0.1, 0.15) is 12.8 Å². The summed E-state index contributed by atoms with van der Waals surface area (Å²) in [4.78, 5) is 10.3. The number of cyclic esters (lactones) is 1. The monoisotopic (exact) mass is 146 g/mol. The van der Waals surface area contributed by atoms with E-state index in [1.807, 2.05) is 0 Å². The summed E-state index contributed by atoms with van der Waals surface area (Å²) in [6.07, 6.45) is -0.142. The molecule has 1 fully saturated rings. The minimum absolute atomic E-state index is 0.00389. The molecule has 0 amide bonds. The number of halogens is 1. The van der Waals surface area contributed by atoms with Gasteiger partial charge in [0.25, 0.3) is 0 Å². The van der Waals surface area contributed by atoms with Gasteiger partial charge in [0, 0.05) is 6.42 Å². The highest BCUT2D eigenvalue weighted by molar-refractivity contribution is 5.72. The summed E-state index contributed by atoms with van der Waals surface area (Å²) in [5.74, 6) is -3.70. The van der Waals surface area contributed by atoms with Gasteiger partial charge in [0.2, 0.25) is 0 Å². The van der Waals surface area contributed by atoms with Gasteiger partial charge in [0.05, 0.1) is 6.42 Å². The number of aliphatic hydroxyl groups excluding tert-OH is 1. The Morgan fingerprint density at radius 3 is 2.70 bits per heavy atom. The predicted octanol–water partition coefficient (Wildman–Crippen LogP) is 1.06. The van der Waals surface area contributed by atoms with E-state index in [1.54, 1.807) is 0 Å². The van der Waals surface area contributed by atoms with Crippen LogP contribution in [0.4, 0.5) is 4.39 Å². The molecule has 0 spiro atoms. The summed E-state index contributed by atoms with van der Waals surface area (Å²) in [5.41, 5.74) is 0. The molecule has 1 aliphatic rings. The molecule has 1 aliphatic heterocycles. The number of hydrogen-bond acceptors (Lipinski definition) is 3. The number of hydrogen-bond donors (Lipinski definition) is 1. The number of esters is 1. The average Bonchev–Trinajstić information content (AvgIpc) is 2.13. The Hall–Kier alpha value is -1.06. The van der Waals surface area contributed by atoms with Gasteiger partial charge in [-0.2, -0.15) is 4.39 Å². The lowest BCUT2D eigenvalue weighted by Crippen LogP contribution is -2.23. The second kappa shape index (κ2) is 1.97. The van der Waals surface area contributed by atoms with Crippen molar-refractivity contribution in [2.75, 3.05) is 0 Å². The topological polar surface area (TPSA) is 46.5 Å². The molecule has 0 radical (unpaired) electrons. The zero-order valence-corrected chi connectivity index (χ0v) is 5.26. The third-order valence-electron chi connectivity index (χ3n) is 1.36. The van der Waals surface area contributed by atoms with Gasteiger partial charge in [0.15, 0.2) is 5.76 Å². The van der Waals surface area contributed by atoms with Crippen molar-refractivity contribution in [1.29, 1.82) is 0 Å². The van der Waals surface area contributed by atoms with Crippen LogP contribution in [0.2, 0.25) is 0 Å². The van der Waals surface area contributed by atoms with Gasteiger partial charge < -0.3 is 9.84 Å². The van der Waals surface area contributed by atoms with Crippen molar-refractivity contribution in [3.8, 4) is 0 Å². The molecule has 0 aromatic heterocycles. The molecule has 1 atom stereocenters. The van der Waals surface area contributed by atoms with Gasteiger partial charge in [0.1, 0.15) is 0 Å². The Balaban J connectivity index is 2.72. The average molecular weight is 146 g/mol. The summed E-state index contributed by atoms with van der Waals surface area (Å²) in [5, 5.41) is 8.58. The molecule has 1 heterocycles. The van der Waals surface area contributed by atoms with E-state index in [2.05, 4.69) is 11.3 Å². The molecule has 10 heavy (non-hydrogen) atoms. The Morgan fingerprint density at radius 2 is 2.50 bits per heavy atom. The fourth-order valence-corrected chi connectivity index (χ4v) is 0.749. The third-order valence-corrected chi connectivity index (χ3v) is 1.36. The van der Waals surface area contributed by atoms with Crippen LogP contribution in [0, 0.1) is 0 Å². The molecule has 0 aromatic carbocycles. The van der Waals surface area contributed by atoms with E-state index < -0.39 is 17.6 Å². The number of aliphatic hydroxyl groups is 1. The quantitative estimate of drug-likeness (QED) is 0.444. The van der Waals surface area contributed by atoms with E-state index in [1.165, 1.54) is 0 Å². The second-order valence-electron chi connectivity index (χ2n) is 2.15. The van der Waals surface area contributed by atoms with Crippen LogP contribution in [0.5, 0.6) is 0 Å². The Labute approximate surface area is 57.1 Å². The summed E-state index contributed by atoms with van der Waals surface area (Å²) >= 11 is 0. The number of carbonyl (C=O) groups is 1. The van der Waals surface area contributed by atoms with E-state index in [9.17, 15) is 9.18 Å². The summed E-state index contributed by atoms with van der Waals surface area (Å²) in [6, 6.07) is 0. The lowest BCUT2D eigenvalue weighted by molar-refractivity contribution is -0.162. The minimum Gasteiger partial charge on any atom is -0.506 e. The standard InChI is InChI=1S/C6H7FO3/c1-4(8)6(7)3-2-5(9)10-6/h8H,1-3H2. The van der Waals surface area contributed by atoms with Gasteiger partial charge >= 0.3 is 11.8 Å². The van der Waals surface area contributed by atoms with Crippen LogP contribution < -0.4 is 0 Å². The minimum atomic E-state index is -2.32. The molecule has 0 aromatic rings. The molecule has 4 heteroatoms. The number of rotatable bonds is 1.